The number of hydrogen-bond acceptors (Lipinski definition) is 3. The number of para-hydroxylation sites is 2. The molecule has 2 rings (SSSR count). The fourth-order valence-corrected chi connectivity index (χ4v) is 1.59. The summed E-state index contributed by atoms with van der Waals surface area (Å²) in [5, 5.41) is 0. The highest BCUT2D eigenvalue weighted by atomic mass is 16.5. The SMILES string of the molecule is CN1c2ccccc2OCC1CN. The van der Waals surface area contributed by atoms with Crippen LogP contribution in [0.25, 0.3) is 0 Å². The lowest BCUT2D eigenvalue weighted by Gasteiger charge is -2.34. The molecule has 0 saturated heterocycles. The molecule has 0 fully saturated rings. The molecule has 1 aliphatic rings. The van der Waals surface area contributed by atoms with E-state index in [0.29, 0.717) is 19.2 Å². The minimum atomic E-state index is 0.301. The van der Waals surface area contributed by atoms with Crippen molar-refractivity contribution in [3.05, 3.63) is 24.3 Å². The Bertz CT molecular complexity index is 301. The van der Waals surface area contributed by atoms with E-state index in [1.54, 1.807) is 0 Å². The Balaban J connectivity index is 2.33. The smallest absolute Gasteiger partial charge is 0.142 e. The fraction of sp³-hybridized carbons (Fsp3) is 0.400. The van der Waals surface area contributed by atoms with E-state index in [2.05, 4.69) is 18.0 Å². The lowest BCUT2D eigenvalue weighted by molar-refractivity contribution is 0.269. The van der Waals surface area contributed by atoms with E-state index in [0.717, 1.165) is 11.4 Å². The maximum absolute atomic E-state index is 5.63. The van der Waals surface area contributed by atoms with E-state index < -0.39 is 0 Å². The van der Waals surface area contributed by atoms with Gasteiger partial charge in [-0.05, 0) is 12.1 Å². The number of nitrogens with zero attached hydrogens (tertiary/aromatic N) is 1. The van der Waals surface area contributed by atoms with Crippen LogP contribution in [0.1, 0.15) is 0 Å². The quantitative estimate of drug-likeness (QED) is 0.692. The lowest BCUT2D eigenvalue weighted by atomic mass is 10.2. The van der Waals surface area contributed by atoms with Crippen molar-refractivity contribution in [1.29, 1.82) is 0 Å². The first-order valence-corrected chi connectivity index (χ1v) is 4.47. The molecule has 0 aliphatic carbocycles. The zero-order chi connectivity index (χ0) is 9.26. The predicted molar refractivity (Wildman–Crippen MR) is 53.2 cm³/mol. The molecule has 1 atom stereocenters. The van der Waals surface area contributed by atoms with Crippen LogP contribution >= 0.6 is 0 Å². The maximum Gasteiger partial charge on any atom is 0.142 e. The third-order valence-electron chi connectivity index (χ3n) is 2.50. The third kappa shape index (κ3) is 1.35. The number of rotatable bonds is 1. The van der Waals surface area contributed by atoms with Crippen molar-refractivity contribution in [3.8, 4) is 5.75 Å². The Labute approximate surface area is 78.1 Å². The average Bonchev–Trinajstić information content (AvgIpc) is 2.19. The van der Waals surface area contributed by atoms with E-state index in [9.17, 15) is 0 Å². The number of benzene rings is 1. The van der Waals surface area contributed by atoms with Crippen molar-refractivity contribution in [2.24, 2.45) is 5.73 Å². The van der Waals surface area contributed by atoms with Crippen LogP contribution in [0.5, 0.6) is 5.75 Å². The van der Waals surface area contributed by atoms with Gasteiger partial charge in [0.15, 0.2) is 0 Å². The van der Waals surface area contributed by atoms with E-state index in [4.69, 9.17) is 10.5 Å². The number of nitrogens with two attached hydrogens (primary N) is 1. The summed E-state index contributed by atoms with van der Waals surface area (Å²) in [6.45, 7) is 1.31. The first-order chi connectivity index (χ1) is 6.33. The minimum absolute atomic E-state index is 0.301. The van der Waals surface area contributed by atoms with Gasteiger partial charge in [0.05, 0.1) is 11.7 Å². The zero-order valence-corrected chi connectivity index (χ0v) is 7.73. The standard InChI is InChI=1S/C10H14N2O/c1-12-8(6-11)7-13-10-5-3-2-4-9(10)12/h2-5,8H,6-7,11H2,1H3. The molecular weight excluding hydrogens is 164 g/mol. The van der Waals surface area contributed by atoms with Crippen molar-refractivity contribution in [2.45, 2.75) is 6.04 Å². The monoisotopic (exact) mass is 178 g/mol. The van der Waals surface area contributed by atoms with E-state index in [1.165, 1.54) is 0 Å². The summed E-state index contributed by atoms with van der Waals surface area (Å²) in [7, 11) is 2.05. The molecule has 1 aromatic rings. The predicted octanol–water partition coefficient (Wildman–Crippen LogP) is 0.842. The molecule has 70 valence electrons. The van der Waals surface area contributed by atoms with Crippen molar-refractivity contribution in [2.75, 3.05) is 25.1 Å². The molecule has 0 aromatic heterocycles. The highest BCUT2D eigenvalue weighted by molar-refractivity contribution is 5.60. The van der Waals surface area contributed by atoms with E-state index in [1.807, 2.05) is 18.2 Å². The summed E-state index contributed by atoms with van der Waals surface area (Å²) < 4.78 is 5.58. The molecular formula is C10H14N2O. The average molecular weight is 178 g/mol. The van der Waals surface area contributed by atoms with Crippen LogP contribution in [0.3, 0.4) is 0 Å². The molecule has 1 aromatic carbocycles. The Hall–Kier alpha value is -1.22. The van der Waals surface area contributed by atoms with Crippen molar-refractivity contribution in [1.82, 2.24) is 0 Å². The Morgan fingerprint density at radius 3 is 3.08 bits per heavy atom. The molecule has 1 aliphatic heterocycles. The second-order valence-corrected chi connectivity index (χ2v) is 3.28. The van der Waals surface area contributed by atoms with Crippen molar-refractivity contribution < 1.29 is 4.74 Å². The molecule has 3 heteroatoms. The van der Waals surface area contributed by atoms with E-state index in [-0.39, 0.29) is 0 Å². The lowest BCUT2D eigenvalue weighted by Crippen LogP contribution is -2.45. The number of likely N-dealkylation sites (N-methyl/N-ethyl adjacent to an activating group) is 1. The van der Waals surface area contributed by atoms with Crippen molar-refractivity contribution in [3.63, 3.8) is 0 Å². The Kier molecular flexibility index (Phi) is 2.10. The van der Waals surface area contributed by atoms with Gasteiger partial charge in [0.25, 0.3) is 0 Å². The molecule has 2 N–H and O–H groups in total. The van der Waals surface area contributed by atoms with Crippen LogP contribution in [0.4, 0.5) is 5.69 Å². The Morgan fingerprint density at radius 2 is 2.31 bits per heavy atom. The second kappa shape index (κ2) is 3.26. The molecule has 0 spiro atoms. The van der Waals surface area contributed by atoms with Gasteiger partial charge < -0.3 is 15.4 Å². The molecule has 1 heterocycles. The number of ether oxygens (including phenoxy) is 1. The first-order valence-electron chi connectivity index (χ1n) is 4.47. The summed E-state index contributed by atoms with van der Waals surface area (Å²) in [6, 6.07) is 8.33. The summed E-state index contributed by atoms with van der Waals surface area (Å²) in [5.41, 5.74) is 6.76. The Morgan fingerprint density at radius 1 is 1.54 bits per heavy atom. The highest BCUT2D eigenvalue weighted by Crippen LogP contribution is 2.31. The van der Waals surface area contributed by atoms with Gasteiger partial charge in [-0.2, -0.15) is 0 Å². The van der Waals surface area contributed by atoms with Crippen LogP contribution in [-0.2, 0) is 0 Å². The number of anilines is 1. The number of fused-ring (bicyclic) bond motifs is 1. The summed E-state index contributed by atoms with van der Waals surface area (Å²) in [5.74, 6) is 0.953. The topological polar surface area (TPSA) is 38.5 Å². The largest absolute Gasteiger partial charge is 0.489 e. The molecule has 13 heavy (non-hydrogen) atoms. The molecule has 0 bridgehead atoms. The van der Waals surface area contributed by atoms with Crippen LogP contribution in [-0.4, -0.2) is 26.2 Å². The first kappa shape index (κ1) is 8.38. The minimum Gasteiger partial charge on any atom is -0.489 e. The van der Waals surface area contributed by atoms with Gasteiger partial charge in [0.1, 0.15) is 12.4 Å². The molecule has 0 saturated carbocycles. The van der Waals surface area contributed by atoms with Crippen molar-refractivity contribution >= 4 is 5.69 Å². The zero-order valence-electron chi connectivity index (χ0n) is 7.73. The van der Waals surface area contributed by atoms with Gasteiger partial charge in [0.2, 0.25) is 0 Å². The van der Waals surface area contributed by atoms with Crippen LogP contribution < -0.4 is 15.4 Å². The summed E-state index contributed by atoms with van der Waals surface area (Å²) in [4.78, 5) is 2.18. The third-order valence-corrected chi connectivity index (χ3v) is 2.50. The van der Waals surface area contributed by atoms with Crippen LogP contribution in [0.15, 0.2) is 24.3 Å². The summed E-state index contributed by atoms with van der Waals surface area (Å²) >= 11 is 0. The molecule has 1 unspecified atom stereocenters. The van der Waals surface area contributed by atoms with Gasteiger partial charge in [0, 0.05) is 13.6 Å². The molecule has 3 nitrogen and oxygen atoms in total. The van der Waals surface area contributed by atoms with Gasteiger partial charge in [-0.15, -0.1) is 0 Å². The molecule has 0 radical (unpaired) electrons. The van der Waals surface area contributed by atoms with Gasteiger partial charge >= 0.3 is 0 Å². The molecule has 0 amide bonds. The summed E-state index contributed by atoms with van der Waals surface area (Å²) in [6.07, 6.45) is 0. The second-order valence-electron chi connectivity index (χ2n) is 3.28. The fourth-order valence-electron chi connectivity index (χ4n) is 1.59. The normalized spacial score (nSPS) is 20.8. The highest BCUT2D eigenvalue weighted by Gasteiger charge is 2.22. The van der Waals surface area contributed by atoms with Gasteiger partial charge in [-0.3, -0.25) is 0 Å². The van der Waals surface area contributed by atoms with Gasteiger partial charge in [-0.25, -0.2) is 0 Å². The number of hydrogen-bond donors (Lipinski definition) is 1. The maximum atomic E-state index is 5.63. The van der Waals surface area contributed by atoms with E-state index >= 15 is 0 Å². The van der Waals surface area contributed by atoms with Gasteiger partial charge in [-0.1, -0.05) is 12.1 Å². The van der Waals surface area contributed by atoms with Crippen LogP contribution in [0.2, 0.25) is 0 Å². The van der Waals surface area contributed by atoms with Crippen LogP contribution in [0, 0.1) is 0 Å².